The highest BCUT2D eigenvalue weighted by molar-refractivity contribution is 5.83. The summed E-state index contributed by atoms with van der Waals surface area (Å²) in [6.45, 7) is 6.13. The van der Waals surface area contributed by atoms with Crippen molar-refractivity contribution in [2.45, 2.75) is 58.7 Å². The molecule has 1 atom stereocenters. The maximum absolute atomic E-state index is 12.5. The van der Waals surface area contributed by atoms with E-state index in [1.54, 1.807) is 20.8 Å². The molecule has 0 aliphatic rings. The van der Waals surface area contributed by atoms with E-state index in [1.807, 2.05) is 54.6 Å². The Balaban J connectivity index is 1.42. The van der Waals surface area contributed by atoms with Crippen molar-refractivity contribution in [1.29, 1.82) is 0 Å². The van der Waals surface area contributed by atoms with Gasteiger partial charge in [-0.1, -0.05) is 54.6 Å². The number of imidazole rings is 1. The normalized spacial score (nSPS) is 11.9. The largest absolute Gasteiger partial charge is 0.481 e. The molecule has 2 heterocycles. The zero-order chi connectivity index (χ0) is 30.1. The minimum absolute atomic E-state index is 0.0334. The molecule has 13 heteroatoms. The molecule has 0 fully saturated rings. The first kappa shape index (κ1) is 29.8. The Hall–Kier alpha value is -5.20. The summed E-state index contributed by atoms with van der Waals surface area (Å²) in [5.74, 6) is -0.699. The monoisotopic (exact) mass is 575 g/mol. The van der Waals surface area contributed by atoms with Gasteiger partial charge in [-0.25, -0.2) is 24.5 Å². The molecule has 0 saturated heterocycles. The fourth-order valence-electron chi connectivity index (χ4n) is 4.02. The van der Waals surface area contributed by atoms with Gasteiger partial charge in [0.25, 0.3) is 0 Å². The van der Waals surface area contributed by atoms with E-state index in [4.69, 9.17) is 9.47 Å². The van der Waals surface area contributed by atoms with Crippen LogP contribution in [-0.4, -0.2) is 48.4 Å². The molecule has 4 N–H and O–H groups in total. The number of nitrogens with one attached hydrogen (secondary N) is 3. The topological polar surface area (TPSA) is 170 Å². The summed E-state index contributed by atoms with van der Waals surface area (Å²) in [7, 11) is 0. The summed E-state index contributed by atoms with van der Waals surface area (Å²) < 4.78 is 12.0. The fourth-order valence-corrected chi connectivity index (χ4v) is 4.02. The highest BCUT2D eigenvalue weighted by Crippen LogP contribution is 2.22. The van der Waals surface area contributed by atoms with Gasteiger partial charge in [-0.05, 0) is 37.5 Å². The molecule has 0 radical (unpaired) electrons. The number of carboxylic acids is 1. The van der Waals surface area contributed by atoms with Crippen LogP contribution < -0.4 is 16.0 Å². The molecule has 0 saturated carbocycles. The summed E-state index contributed by atoms with van der Waals surface area (Å²) in [6, 6.07) is 16.8. The van der Waals surface area contributed by atoms with Gasteiger partial charge in [-0.3, -0.25) is 9.36 Å². The summed E-state index contributed by atoms with van der Waals surface area (Å²) in [5, 5.41) is 18.0. The van der Waals surface area contributed by atoms with Gasteiger partial charge < -0.3 is 30.5 Å². The number of benzene rings is 2. The van der Waals surface area contributed by atoms with E-state index in [0.717, 1.165) is 16.7 Å². The molecular weight excluding hydrogens is 542 g/mol. The molecular formula is C29H33N7O6. The van der Waals surface area contributed by atoms with Gasteiger partial charge in [0.1, 0.15) is 30.2 Å². The van der Waals surface area contributed by atoms with E-state index < -0.39 is 36.3 Å². The fraction of sp³-hybridized carbons (Fsp3) is 0.310. The molecule has 13 nitrogen and oxygen atoms in total. The Kier molecular flexibility index (Phi) is 9.53. The van der Waals surface area contributed by atoms with Gasteiger partial charge in [0, 0.05) is 13.1 Å². The molecule has 1 unspecified atom stereocenters. The molecule has 0 aliphatic heterocycles. The zero-order valence-corrected chi connectivity index (χ0v) is 23.5. The van der Waals surface area contributed by atoms with Crippen molar-refractivity contribution >= 4 is 35.1 Å². The van der Waals surface area contributed by atoms with Gasteiger partial charge in [0.15, 0.2) is 11.5 Å². The standard InChI is InChI=1S/C29H33N7O6/c1-29(2,3)42-27(39)31-15-21-11-7-10-20(12-21)14-30-25-24-26(33-17-32-25)36(18-34-24)22(13-23(37)38)35-28(40)41-16-19-8-5-4-6-9-19/h4-12,17-18,22H,13-16H2,1-3H3,(H,31,39)(H,35,40)(H,37,38)(H,30,32,33). The van der Waals surface area contributed by atoms with Crippen LogP contribution in [0.4, 0.5) is 15.4 Å². The Morgan fingerprint density at radius 3 is 2.36 bits per heavy atom. The Labute approximate surface area is 242 Å². The summed E-state index contributed by atoms with van der Waals surface area (Å²) in [6.07, 6.45) is 0.0231. The molecule has 2 aromatic carbocycles. The second-order valence-electron chi connectivity index (χ2n) is 10.4. The number of rotatable bonds is 11. The minimum Gasteiger partial charge on any atom is -0.481 e. The van der Waals surface area contributed by atoms with E-state index >= 15 is 0 Å². The van der Waals surface area contributed by atoms with Crippen molar-refractivity contribution in [2.24, 2.45) is 0 Å². The number of fused-ring (bicyclic) bond motifs is 1. The van der Waals surface area contributed by atoms with E-state index in [9.17, 15) is 19.5 Å². The first-order valence-corrected chi connectivity index (χ1v) is 13.2. The second kappa shape index (κ2) is 13.4. The summed E-state index contributed by atoms with van der Waals surface area (Å²) >= 11 is 0. The Morgan fingerprint density at radius 1 is 0.929 bits per heavy atom. The molecule has 0 bridgehead atoms. The maximum Gasteiger partial charge on any atom is 0.409 e. The van der Waals surface area contributed by atoms with Crippen LogP contribution in [-0.2, 0) is 34.0 Å². The van der Waals surface area contributed by atoms with Gasteiger partial charge in [0.05, 0.1) is 12.7 Å². The van der Waals surface area contributed by atoms with Crippen molar-refractivity contribution in [3.05, 3.63) is 83.9 Å². The number of hydrogen-bond donors (Lipinski definition) is 4. The maximum atomic E-state index is 12.5. The van der Waals surface area contributed by atoms with Crippen LogP contribution in [0.5, 0.6) is 0 Å². The number of aliphatic carboxylic acids is 1. The third-order valence-corrected chi connectivity index (χ3v) is 5.85. The van der Waals surface area contributed by atoms with Gasteiger partial charge >= 0.3 is 18.2 Å². The quantitative estimate of drug-likeness (QED) is 0.201. The number of carboxylic acid groups (broad SMARTS) is 1. The molecule has 4 aromatic rings. The van der Waals surface area contributed by atoms with Crippen LogP contribution in [0.2, 0.25) is 0 Å². The van der Waals surface area contributed by atoms with Gasteiger partial charge in [0.2, 0.25) is 0 Å². The molecule has 42 heavy (non-hydrogen) atoms. The van der Waals surface area contributed by atoms with Gasteiger partial charge in [-0.15, -0.1) is 0 Å². The Morgan fingerprint density at radius 2 is 1.64 bits per heavy atom. The molecule has 0 spiro atoms. The number of amides is 2. The number of carbonyl (C=O) groups excluding carboxylic acids is 2. The van der Waals surface area contributed by atoms with Crippen LogP contribution in [0, 0.1) is 0 Å². The number of nitrogens with zero attached hydrogens (tertiary/aromatic N) is 4. The van der Waals surface area contributed by atoms with Crippen molar-refractivity contribution < 1.29 is 29.0 Å². The van der Waals surface area contributed by atoms with Crippen molar-refractivity contribution in [3.63, 3.8) is 0 Å². The molecule has 0 aliphatic carbocycles. The van der Waals surface area contributed by atoms with Crippen LogP contribution in [0.3, 0.4) is 0 Å². The smallest absolute Gasteiger partial charge is 0.409 e. The lowest BCUT2D eigenvalue weighted by atomic mass is 10.1. The first-order chi connectivity index (χ1) is 20.1. The average Bonchev–Trinajstić information content (AvgIpc) is 3.38. The van der Waals surface area contributed by atoms with Gasteiger partial charge in [-0.2, -0.15) is 0 Å². The molecule has 2 amide bonds. The predicted molar refractivity (Wildman–Crippen MR) is 153 cm³/mol. The first-order valence-electron chi connectivity index (χ1n) is 13.2. The number of ether oxygens (including phenoxy) is 2. The van der Waals surface area contributed by atoms with Crippen LogP contribution in [0.15, 0.2) is 67.3 Å². The second-order valence-corrected chi connectivity index (χ2v) is 10.4. The van der Waals surface area contributed by atoms with Crippen molar-refractivity contribution in [2.75, 3.05) is 5.32 Å². The van der Waals surface area contributed by atoms with E-state index in [1.165, 1.54) is 17.2 Å². The number of anilines is 1. The minimum atomic E-state index is -1.13. The third kappa shape index (κ3) is 8.65. The summed E-state index contributed by atoms with van der Waals surface area (Å²) in [5.41, 5.74) is 2.76. The Bertz CT molecular complexity index is 1530. The van der Waals surface area contributed by atoms with Crippen LogP contribution in [0.1, 0.15) is 50.0 Å². The van der Waals surface area contributed by atoms with Crippen LogP contribution >= 0.6 is 0 Å². The van der Waals surface area contributed by atoms with E-state index in [2.05, 4.69) is 30.9 Å². The zero-order valence-electron chi connectivity index (χ0n) is 23.5. The number of aromatic nitrogens is 4. The van der Waals surface area contributed by atoms with Crippen LogP contribution in [0.25, 0.3) is 11.2 Å². The molecule has 220 valence electrons. The number of carbonyl (C=O) groups is 3. The predicted octanol–water partition coefficient (Wildman–Crippen LogP) is 4.36. The summed E-state index contributed by atoms with van der Waals surface area (Å²) in [4.78, 5) is 49.0. The van der Waals surface area contributed by atoms with Crippen molar-refractivity contribution in [1.82, 2.24) is 30.2 Å². The van der Waals surface area contributed by atoms with Crippen molar-refractivity contribution in [3.8, 4) is 0 Å². The lowest BCUT2D eigenvalue weighted by Crippen LogP contribution is -2.34. The molecule has 2 aromatic heterocycles. The average molecular weight is 576 g/mol. The number of hydrogen-bond acceptors (Lipinski definition) is 9. The highest BCUT2D eigenvalue weighted by Gasteiger charge is 2.22. The van der Waals surface area contributed by atoms with E-state index in [0.29, 0.717) is 30.1 Å². The van der Waals surface area contributed by atoms with E-state index in [-0.39, 0.29) is 6.61 Å². The third-order valence-electron chi connectivity index (χ3n) is 5.85. The highest BCUT2D eigenvalue weighted by atomic mass is 16.6. The lowest BCUT2D eigenvalue weighted by Gasteiger charge is -2.19. The lowest BCUT2D eigenvalue weighted by molar-refractivity contribution is -0.138. The molecule has 4 rings (SSSR count). The SMILES string of the molecule is CC(C)(C)OC(=O)NCc1cccc(CNc2ncnc3c2ncn3C(CC(=O)O)NC(=O)OCc2ccccc2)c1. The number of alkyl carbamates (subject to hydrolysis) is 2.